The van der Waals surface area contributed by atoms with Crippen molar-refractivity contribution in [2.24, 2.45) is 5.73 Å². The first-order valence-corrected chi connectivity index (χ1v) is 6.05. The van der Waals surface area contributed by atoms with Crippen LogP contribution >= 0.6 is 0 Å². The Balaban J connectivity index is 2.39. The Morgan fingerprint density at radius 3 is 2.83 bits per heavy atom. The Hall–Kier alpha value is -1.23. The van der Waals surface area contributed by atoms with Crippen molar-refractivity contribution in [2.45, 2.75) is 13.0 Å². The zero-order valence-electron chi connectivity index (χ0n) is 10.8. The number of ether oxygens (including phenoxy) is 1. The molecule has 1 rings (SSSR count). The highest BCUT2D eigenvalue weighted by atomic mass is 19.1. The van der Waals surface area contributed by atoms with Gasteiger partial charge in [-0.25, -0.2) is 4.39 Å². The molecule has 0 radical (unpaired) electrons. The van der Waals surface area contributed by atoms with Crippen molar-refractivity contribution in [3.8, 4) is 0 Å². The van der Waals surface area contributed by atoms with Gasteiger partial charge in [-0.1, -0.05) is 30.4 Å². The molecule has 1 aromatic rings. The Morgan fingerprint density at radius 1 is 1.50 bits per heavy atom. The molecule has 0 bridgehead atoms. The summed E-state index contributed by atoms with van der Waals surface area (Å²) in [6.07, 6.45) is 0. The van der Waals surface area contributed by atoms with E-state index in [4.69, 9.17) is 10.5 Å². The van der Waals surface area contributed by atoms with E-state index in [1.165, 1.54) is 6.07 Å². The Labute approximate surface area is 108 Å². The maximum Gasteiger partial charge on any atom is 0.128 e. The second-order valence-electron chi connectivity index (χ2n) is 4.27. The van der Waals surface area contributed by atoms with E-state index >= 15 is 0 Å². The first-order chi connectivity index (χ1) is 8.65. The standard InChI is InChI=1S/C14H21FN2O/c1-11(2)10-18-8-7-17-14(9-16)12-5-3-4-6-13(12)15/h3-6,14,17H,1,7-10,16H2,2H3. The molecule has 1 unspecified atom stereocenters. The average molecular weight is 252 g/mol. The Kier molecular flexibility index (Phi) is 6.57. The SMILES string of the molecule is C=C(C)COCCNC(CN)c1ccccc1F. The second kappa shape index (κ2) is 7.97. The number of benzene rings is 1. The summed E-state index contributed by atoms with van der Waals surface area (Å²) < 4.78 is 18.9. The molecule has 0 spiro atoms. The molecule has 0 aromatic heterocycles. The molecule has 100 valence electrons. The van der Waals surface area contributed by atoms with Crippen LogP contribution in [0.15, 0.2) is 36.4 Å². The van der Waals surface area contributed by atoms with Crippen LogP contribution in [0.5, 0.6) is 0 Å². The molecule has 1 atom stereocenters. The minimum absolute atomic E-state index is 0.181. The first-order valence-electron chi connectivity index (χ1n) is 6.05. The van der Waals surface area contributed by atoms with Gasteiger partial charge in [-0.05, 0) is 13.0 Å². The lowest BCUT2D eigenvalue weighted by molar-refractivity contribution is 0.155. The highest BCUT2D eigenvalue weighted by Gasteiger charge is 2.12. The summed E-state index contributed by atoms with van der Waals surface area (Å²) >= 11 is 0. The quantitative estimate of drug-likeness (QED) is 0.549. The molecule has 0 saturated heterocycles. The zero-order valence-corrected chi connectivity index (χ0v) is 10.8. The van der Waals surface area contributed by atoms with E-state index in [0.29, 0.717) is 31.9 Å². The topological polar surface area (TPSA) is 47.3 Å². The first kappa shape index (κ1) is 14.8. The van der Waals surface area contributed by atoms with Gasteiger partial charge in [0.15, 0.2) is 0 Å². The molecule has 1 aromatic carbocycles. The average Bonchev–Trinajstić information content (AvgIpc) is 2.35. The van der Waals surface area contributed by atoms with E-state index in [2.05, 4.69) is 11.9 Å². The van der Waals surface area contributed by atoms with Gasteiger partial charge in [0, 0.05) is 24.7 Å². The highest BCUT2D eigenvalue weighted by Crippen LogP contribution is 2.15. The van der Waals surface area contributed by atoms with Crippen LogP contribution in [0.1, 0.15) is 18.5 Å². The van der Waals surface area contributed by atoms with Crippen LogP contribution in [0.4, 0.5) is 4.39 Å². The van der Waals surface area contributed by atoms with Crippen molar-refractivity contribution >= 4 is 0 Å². The van der Waals surface area contributed by atoms with Gasteiger partial charge >= 0.3 is 0 Å². The lowest BCUT2D eigenvalue weighted by Gasteiger charge is -2.17. The third-order valence-corrected chi connectivity index (χ3v) is 2.50. The van der Waals surface area contributed by atoms with Crippen LogP contribution in [-0.4, -0.2) is 26.3 Å². The van der Waals surface area contributed by atoms with E-state index in [1.807, 2.05) is 6.92 Å². The van der Waals surface area contributed by atoms with Gasteiger partial charge in [0.2, 0.25) is 0 Å². The molecule has 0 aliphatic carbocycles. The number of hydrogen-bond donors (Lipinski definition) is 2. The van der Waals surface area contributed by atoms with E-state index in [9.17, 15) is 4.39 Å². The van der Waals surface area contributed by atoms with Crippen molar-refractivity contribution in [3.63, 3.8) is 0 Å². The van der Waals surface area contributed by atoms with Gasteiger partial charge in [0.05, 0.1) is 13.2 Å². The number of nitrogens with one attached hydrogen (secondary N) is 1. The van der Waals surface area contributed by atoms with Gasteiger partial charge in [-0.2, -0.15) is 0 Å². The van der Waals surface area contributed by atoms with Gasteiger partial charge in [0.1, 0.15) is 5.82 Å². The van der Waals surface area contributed by atoms with Gasteiger partial charge in [-0.3, -0.25) is 0 Å². The number of hydrogen-bond acceptors (Lipinski definition) is 3. The van der Waals surface area contributed by atoms with Crippen molar-refractivity contribution < 1.29 is 9.13 Å². The second-order valence-corrected chi connectivity index (χ2v) is 4.27. The van der Waals surface area contributed by atoms with E-state index < -0.39 is 0 Å². The molecular formula is C14H21FN2O. The third kappa shape index (κ3) is 4.96. The van der Waals surface area contributed by atoms with E-state index in [0.717, 1.165) is 5.57 Å². The van der Waals surface area contributed by atoms with Gasteiger partial charge in [-0.15, -0.1) is 0 Å². The van der Waals surface area contributed by atoms with E-state index in [-0.39, 0.29) is 11.9 Å². The summed E-state index contributed by atoms with van der Waals surface area (Å²) in [6.45, 7) is 7.74. The van der Waals surface area contributed by atoms with Gasteiger partial charge in [0.25, 0.3) is 0 Å². The van der Waals surface area contributed by atoms with E-state index in [1.54, 1.807) is 18.2 Å². The third-order valence-electron chi connectivity index (χ3n) is 2.50. The highest BCUT2D eigenvalue weighted by molar-refractivity contribution is 5.21. The molecule has 0 amide bonds. The smallest absolute Gasteiger partial charge is 0.128 e. The molecular weight excluding hydrogens is 231 g/mol. The molecule has 18 heavy (non-hydrogen) atoms. The fourth-order valence-electron chi connectivity index (χ4n) is 1.63. The molecule has 0 aliphatic heterocycles. The van der Waals surface area contributed by atoms with Crippen molar-refractivity contribution in [2.75, 3.05) is 26.3 Å². The minimum atomic E-state index is -0.233. The zero-order chi connectivity index (χ0) is 13.4. The largest absolute Gasteiger partial charge is 0.376 e. The van der Waals surface area contributed by atoms with Crippen molar-refractivity contribution in [3.05, 3.63) is 47.8 Å². The lowest BCUT2D eigenvalue weighted by atomic mass is 10.1. The predicted molar refractivity (Wildman–Crippen MR) is 71.8 cm³/mol. The fourth-order valence-corrected chi connectivity index (χ4v) is 1.63. The number of rotatable bonds is 8. The number of nitrogens with two attached hydrogens (primary N) is 1. The van der Waals surface area contributed by atoms with Gasteiger partial charge < -0.3 is 15.8 Å². The molecule has 0 aliphatic rings. The Morgan fingerprint density at radius 2 is 2.22 bits per heavy atom. The molecule has 0 fully saturated rings. The van der Waals surface area contributed by atoms with Crippen LogP contribution in [0, 0.1) is 5.82 Å². The predicted octanol–water partition coefficient (Wildman–Crippen LogP) is 2.01. The number of halogens is 1. The van der Waals surface area contributed by atoms with Crippen LogP contribution in [-0.2, 0) is 4.74 Å². The lowest BCUT2D eigenvalue weighted by Crippen LogP contribution is -2.31. The maximum atomic E-state index is 13.6. The summed E-state index contributed by atoms with van der Waals surface area (Å²) in [4.78, 5) is 0. The maximum absolute atomic E-state index is 13.6. The molecule has 0 heterocycles. The van der Waals surface area contributed by atoms with Crippen LogP contribution in [0.2, 0.25) is 0 Å². The van der Waals surface area contributed by atoms with Crippen LogP contribution in [0.25, 0.3) is 0 Å². The monoisotopic (exact) mass is 252 g/mol. The van der Waals surface area contributed by atoms with Crippen molar-refractivity contribution in [1.82, 2.24) is 5.32 Å². The molecule has 0 saturated carbocycles. The summed E-state index contributed by atoms with van der Waals surface area (Å²) in [5.74, 6) is -0.233. The van der Waals surface area contributed by atoms with Crippen LogP contribution in [0.3, 0.4) is 0 Å². The summed E-state index contributed by atoms with van der Waals surface area (Å²) in [5, 5.41) is 3.18. The molecule has 3 nitrogen and oxygen atoms in total. The summed E-state index contributed by atoms with van der Waals surface area (Å²) in [7, 11) is 0. The minimum Gasteiger partial charge on any atom is -0.376 e. The Bertz CT molecular complexity index is 382. The molecule has 4 heteroatoms. The fraction of sp³-hybridized carbons (Fsp3) is 0.429. The summed E-state index contributed by atoms with van der Waals surface area (Å²) in [5.41, 5.74) is 7.24. The van der Waals surface area contributed by atoms with Crippen LogP contribution < -0.4 is 11.1 Å². The van der Waals surface area contributed by atoms with Crippen molar-refractivity contribution in [1.29, 1.82) is 0 Å². The normalized spacial score (nSPS) is 12.4. The summed E-state index contributed by atoms with van der Waals surface area (Å²) in [6, 6.07) is 6.48. The molecule has 3 N–H and O–H groups in total.